The maximum atomic E-state index is 4.58. The summed E-state index contributed by atoms with van der Waals surface area (Å²) >= 11 is 0. The fourth-order valence-corrected chi connectivity index (χ4v) is 2.75. The van der Waals surface area contributed by atoms with Crippen molar-refractivity contribution in [3.05, 3.63) is 29.6 Å². The quantitative estimate of drug-likeness (QED) is 0.781. The fourth-order valence-electron chi connectivity index (χ4n) is 2.75. The van der Waals surface area contributed by atoms with Crippen molar-refractivity contribution in [2.45, 2.75) is 40.2 Å². The Balaban J connectivity index is 2.64. The highest BCUT2D eigenvalue weighted by molar-refractivity contribution is 5.09. The second-order valence-electron chi connectivity index (χ2n) is 5.68. The Hall–Kier alpha value is -0.930. The lowest BCUT2D eigenvalue weighted by molar-refractivity contribution is 0.152. The Labute approximate surface area is 118 Å². The SMILES string of the molecule is CCC(CC)(CNC)CN(C)Cc1cccc(C)n1. The Morgan fingerprint density at radius 3 is 2.47 bits per heavy atom. The van der Waals surface area contributed by atoms with E-state index in [1.165, 1.54) is 12.8 Å². The number of aromatic nitrogens is 1. The molecular weight excluding hydrogens is 234 g/mol. The van der Waals surface area contributed by atoms with Gasteiger partial charge >= 0.3 is 0 Å². The number of nitrogens with one attached hydrogen (secondary N) is 1. The third kappa shape index (κ3) is 4.92. The van der Waals surface area contributed by atoms with Gasteiger partial charge in [-0.15, -0.1) is 0 Å². The average molecular weight is 263 g/mol. The van der Waals surface area contributed by atoms with Crippen LogP contribution in [-0.4, -0.2) is 37.1 Å². The van der Waals surface area contributed by atoms with Crippen molar-refractivity contribution in [1.29, 1.82) is 0 Å². The number of nitrogens with zero attached hydrogens (tertiary/aromatic N) is 2. The monoisotopic (exact) mass is 263 g/mol. The minimum Gasteiger partial charge on any atom is -0.319 e. The number of aryl methyl sites for hydroxylation is 1. The predicted molar refractivity (Wildman–Crippen MR) is 82.2 cm³/mol. The number of hydrogen-bond acceptors (Lipinski definition) is 3. The lowest BCUT2D eigenvalue weighted by Gasteiger charge is -2.35. The van der Waals surface area contributed by atoms with E-state index in [-0.39, 0.29) is 0 Å². The summed E-state index contributed by atoms with van der Waals surface area (Å²) in [5, 5.41) is 3.35. The van der Waals surface area contributed by atoms with Crippen LogP contribution in [0.5, 0.6) is 0 Å². The second-order valence-corrected chi connectivity index (χ2v) is 5.68. The van der Waals surface area contributed by atoms with E-state index in [0.717, 1.165) is 31.0 Å². The lowest BCUT2D eigenvalue weighted by Crippen LogP contribution is -2.41. The summed E-state index contributed by atoms with van der Waals surface area (Å²) in [4.78, 5) is 6.98. The molecule has 0 spiro atoms. The summed E-state index contributed by atoms with van der Waals surface area (Å²) in [6.07, 6.45) is 2.41. The van der Waals surface area contributed by atoms with Crippen LogP contribution < -0.4 is 5.32 Å². The van der Waals surface area contributed by atoms with Gasteiger partial charge in [0.15, 0.2) is 0 Å². The van der Waals surface area contributed by atoms with Crippen molar-refractivity contribution in [1.82, 2.24) is 15.2 Å². The van der Waals surface area contributed by atoms with E-state index in [1.807, 2.05) is 20.0 Å². The molecule has 108 valence electrons. The normalized spacial score (nSPS) is 12.1. The van der Waals surface area contributed by atoms with E-state index in [2.05, 4.69) is 48.2 Å². The molecule has 1 heterocycles. The van der Waals surface area contributed by atoms with Gasteiger partial charge in [0.25, 0.3) is 0 Å². The van der Waals surface area contributed by atoms with Crippen molar-refractivity contribution in [2.24, 2.45) is 5.41 Å². The average Bonchev–Trinajstić information content (AvgIpc) is 2.38. The molecule has 1 N–H and O–H groups in total. The number of pyridine rings is 1. The smallest absolute Gasteiger partial charge is 0.0547 e. The summed E-state index contributed by atoms with van der Waals surface area (Å²) in [5.41, 5.74) is 2.62. The summed E-state index contributed by atoms with van der Waals surface area (Å²) in [6.45, 7) is 9.74. The summed E-state index contributed by atoms with van der Waals surface area (Å²) < 4.78 is 0. The summed E-state index contributed by atoms with van der Waals surface area (Å²) in [7, 11) is 4.24. The molecule has 0 radical (unpaired) electrons. The van der Waals surface area contributed by atoms with Gasteiger partial charge in [-0.3, -0.25) is 9.88 Å². The minimum absolute atomic E-state index is 0.368. The van der Waals surface area contributed by atoms with Gasteiger partial charge < -0.3 is 5.32 Å². The molecule has 0 aliphatic carbocycles. The molecule has 0 aromatic carbocycles. The molecule has 19 heavy (non-hydrogen) atoms. The van der Waals surface area contributed by atoms with Crippen LogP contribution in [0.4, 0.5) is 0 Å². The molecule has 3 nitrogen and oxygen atoms in total. The van der Waals surface area contributed by atoms with Crippen LogP contribution in [0.1, 0.15) is 38.1 Å². The van der Waals surface area contributed by atoms with E-state index < -0.39 is 0 Å². The Morgan fingerprint density at radius 1 is 1.26 bits per heavy atom. The third-order valence-corrected chi connectivity index (χ3v) is 4.04. The maximum absolute atomic E-state index is 4.58. The molecule has 0 aliphatic rings. The lowest BCUT2D eigenvalue weighted by atomic mass is 9.81. The Kier molecular flexibility index (Phi) is 6.46. The topological polar surface area (TPSA) is 28.2 Å². The molecule has 1 aromatic rings. The molecular formula is C16H29N3. The van der Waals surface area contributed by atoms with Crippen LogP contribution in [0.25, 0.3) is 0 Å². The molecule has 0 unspecified atom stereocenters. The zero-order chi connectivity index (χ0) is 14.3. The van der Waals surface area contributed by atoms with Gasteiger partial charge in [-0.05, 0) is 51.4 Å². The maximum Gasteiger partial charge on any atom is 0.0547 e. The van der Waals surface area contributed by atoms with Crippen molar-refractivity contribution in [3.63, 3.8) is 0 Å². The van der Waals surface area contributed by atoms with Gasteiger partial charge in [-0.1, -0.05) is 19.9 Å². The van der Waals surface area contributed by atoms with Gasteiger partial charge in [0, 0.05) is 25.3 Å². The van der Waals surface area contributed by atoms with Gasteiger partial charge in [0.05, 0.1) is 5.69 Å². The largest absolute Gasteiger partial charge is 0.319 e. The first-order chi connectivity index (χ1) is 9.05. The van der Waals surface area contributed by atoms with E-state index in [1.54, 1.807) is 0 Å². The summed E-state index contributed by atoms with van der Waals surface area (Å²) in [6, 6.07) is 6.25. The van der Waals surface area contributed by atoms with Crippen LogP contribution in [0.2, 0.25) is 0 Å². The molecule has 0 amide bonds. The molecule has 0 saturated carbocycles. The molecule has 0 fully saturated rings. The first kappa shape index (κ1) is 16.1. The second kappa shape index (κ2) is 7.61. The summed E-state index contributed by atoms with van der Waals surface area (Å²) in [5.74, 6) is 0. The fraction of sp³-hybridized carbons (Fsp3) is 0.688. The molecule has 1 rings (SSSR count). The van der Waals surface area contributed by atoms with Crippen LogP contribution in [0.3, 0.4) is 0 Å². The van der Waals surface area contributed by atoms with Crippen molar-refractivity contribution >= 4 is 0 Å². The zero-order valence-electron chi connectivity index (χ0n) is 13.2. The number of hydrogen-bond donors (Lipinski definition) is 1. The van der Waals surface area contributed by atoms with Gasteiger partial charge in [0.1, 0.15) is 0 Å². The molecule has 1 aromatic heterocycles. The Bertz CT molecular complexity index is 372. The van der Waals surface area contributed by atoms with Crippen LogP contribution in [0.15, 0.2) is 18.2 Å². The first-order valence-corrected chi connectivity index (χ1v) is 7.31. The van der Waals surface area contributed by atoms with Crippen LogP contribution in [-0.2, 0) is 6.54 Å². The molecule has 0 atom stereocenters. The van der Waals surface area contributed by atoms with Crippen molar-refractivity contribution in [3.8, 4) is 0 Å². The number of rotatable bonds is 8. The van der Waals surface area contributed by atoms with E-state index in [9.17, 15) is 0 Å². The highest BCUT2D eigenvalue weighted by atomic mass is 15.1. The molecule has 0 saturated heterocycles. The van der Waals surface area contributed by atoms with Crippen molar-refractivity contribution < 1.29 is 0 Å². The van der Waals surface area contributed by atoms with E-state index >= 15 is 0 Å². The van der Waals surface area contributed by atoms with Gasteiger partial charge in [-0.2, -0.15) is 0 Å². The molecule has 0 aliphatic heterocycles. The van der Waals surface area contributed by atoms with Crippen molar-refractivity contribution in [2.75, 3.05) is 27.2 Å². The minimum atomic E-state index is 0.368. The van der Waals surface area contributed by atoms with Gasteiger partial charge in [-0.25, -0.2) is 0 Å². The predicted octanol–water partition coefficient (Wildman–Crippen LogP) is 2.85. The van der Waals surface area contributed by atoms with E-state index in [0.29, 0.717) is 5.41 Å². The van der Waals surface area contributed by atoms with Crippen LogP contribution in [0, 0.1) is 12.3 Å². The van der Waals surface area contributed by atoms with Gasteiger partial charge in [0.2, 0.25) is 0 Å². The zero-order valence-corrected chi connectivity index (χ0v) is 13.2. The standard InChI is InChI=1S/C16H29N3/c1-6-16(7-2,12-17-4)13-19(5)11-15-10-8-9-14(3)18-15/h8-10,17H,6-7,11-13H2,1-5H3. The Morgan fingerprint density at radius 2 is 1.95 bits per heavy atom. The first-order valence-electron chi connectivity index (χ1n) is 7.31. The third-order valence-electron chi connectivity index (χ3n) is 4.04. The molecule has 0 bridgehead atoms. The highest BCUT2D eigenvalue weighted by Gasteiger charge is 2.26. The highest BCUT2D eigenvalue weighted by Crippen LogP contribution is 2.26. The molecule has 3 heteroatoms. The van der Waals surface area contributed by atoms with E-state index in [4.69, 9.17) is 0 Å². The van der Waals surface area contributed by atoms with Crippen LogP contribution >= 0.6 is 0 Å².